The first-order valence-electron chi connectivity index (χ1n) is 20.9. The van der Waals surface area contributed by atoms with Crippen LogP contribution >= 0.6 is 0 Å². The first-order chi connectivity index (χ1) is 31.2. The highest BCUT2D eigenvalue weighted by Gasteiger charge is 2.47. The van der Waals surface area contributed by atoms with E-state index < -0.39 is 76.9 Å². The second-order valence-electron chi connectivity index (χ2n) is 16.0. The molecule has 0 aliphatic carbocycles. The molecule has 2 fully saturated rings. The van der Waals surface area contributed by atoms with Crippen LogP contribution < -0.4 is 15.4 Å². The summed E-state index contributed by atoms with van der Waals surface area (Å²) in [5.74, 6) is -8.87. The molecule has 1 atom stereocenters. The van der Waals surface area contributed by atoms with Crippen LogP contribution in [0.25, 0.3) is 22.0 Å². The van der Waals surface area contributed by atoms with E-state index in [1.54, 1.807) is 43.9 Å². The molecular weight excluding hydrogens is 893 g/mol. The third-order valence-electron chi connectivity index (χ3n) is 11.1. The fraction of sp³-hybridized carbons (Fsp3) is 0.476. The number of rotatable bonds is 17. The van der Waals surface area contributed by atoms with Gasteiger partial charge >= 0.3 is 17.9 Å². The van der Waals surface area contributed by atoms with Gasteiger partial charge in [-0.25, -0.2) is 17.2 Å². The van der Waals surface area contributed by atoms with Crippen molar-refractivity contribution in [3.63, 3.8) is 0 Å². The average molecular weight is 944 g/mol. The highest BCUT2D eigenvalue weighted by atomic mass is 32.2. The van der Waals surface area contributed by atoms with E-state index in [9.17, 15) is 71.8 Å². The largest absolute Gasteiger partial charge is 0.618 e. The van der Waals surface area contributed by atoms with Gasteiger partial charge in [-0.3, -0.25) is 48.4 Å². The monoisotopic (exact) mass is 943 g/mol. The molecule has 0 spiro atoms. The fourth-order valence-corrected chi connectivity index (χ4v) is 9.00. The van der Waals surface area contributed by atoms with Gasteiger partial charge in [0.05, 0.1) is 66.9 Å². The maximum Gasteiger partial charge on any atom is 0.317 e. The molecule has 2 aliphatic heterocycles. The van der Waals surface area contributed by atoms with E-state index in [0.717, 1.165) is 6.20 Å². The molecule has 2 aliphatic rings. The van der Waals surface area contributed by atoms with Gasteiger partial charge in [0, 0.05) is 77.5 Å². The molecule has 3 heterocycles. The zero-order chi connectivity index (χ0) is 48.2. The van der Waals surface area contributed by atoms with Crippen LogP contribution in [0.2, 0.25) is 0 Å². The van der Waals surface area contributed by atoms with Gasteiger partial charge in [-0.1, -0.05) is 12.1 Å². The van der Waals surface area contributed by atoms with Crippen LogP contribution in [0.1, 0.15) is 23.2 Å². The lowest BCUT2D eigenvalue weighted by molar-refractivity contribution is -0.577. The quantitative estimate of drug-likeness (QED) is 0.0641. The van der Waals surface area contributed by atoms with Gasteiger partial charge in [0.15, 0.2) is 16.0 Å². The number of nitriles is 1. The Bertz CT molecular complexity index is 2410. The predicted octanol–water partition coefficient (Wildman–Crippen LogP) is -0.615. The van der Waals surface area contributed by atoms with E-state index in [0.29, 0.717) is 20.8 Å². The van der Waals surface area contributed by atoms with Crippen molar-refractivity contribution in [2.75, 3.05) is 104 Å². The number of sulfone groups is 1. The van der Waals surface area contributed by atoms with Gasteiger partial charge in [-0.2, -0.15) is 9.99 Å². The number of nitrogens with zero attached hydrogens (tertiary/aromatic N) is 7. The highest BCUT2D eigenvalue weighted by Crippen LogP contribution is 2.32. The molecule has 0 radical (unpaired) electrons. The number of halogens is 2. The van der Waals surface area contributed by atoms with Crippen LogP contribution in [-0.4, -0.2) is 200 Å². The van der Waals surface area contributed by atoms with Crippen molar-refractivity contribution in [1.29, 1.82) is 5.26 Å². The number of fused-ring (bicyclic) bond motifs is 1. The number of pyridine rings is 1. The third kappa shape index (κ3) is 14.6. The van der Waals surface area contributed by atoms with Gasteiger partial charge in [0.25, 0.3) is 11.8 Å². The Hall–Kier alpha value is -6.39. The molecule has 0 bridgehead atoms. The van der Waals surface area contributed by atoms with E-state index in [-0.39, 0.29) is 119 Å². The van der Waals surface area contributed by atoms with Crippen molar-refractivity contribution in [3.8, 4) is 17.2 Å². The molecule has 5 rings (SSSR count). The zero-order valence-corrected chi connectivity index (χ0v) is 36.6. The number of nitrogens with one attached hydrogen (secondary N) is 2. The predicted molar refractivity (Wildman–Crippen MR) is 230 cm³/mol. The summed E-state index contributed by atoms with van der Waals surface area (Å²) in [5, 5.41) is 55.4. The lowest BCUT2D eigenvalue weighted by Gasteiger charge is -2.32. The summed E-state index contributed by atoms with van der Waals surface area (Å²) < 4.78 is 54.9. The van der Waals surface area contributed by atoms with Crippen molar-refractivity contribution in [2.24, 2.45) is 0 Å². The normalized spacial score (nSPS) is 18.1. The van der Waals surface area contributed by atoms with Crippen LogP contribution in [0.4, 0.5) is 8.78 Å². The molecule has 21 nitrogen and oxygen atoms in total. The number of carbonyl (C=O) groups excluding carboxylic acids is 3. The average Bonchev–Trinajstić information content (AvgIpc) is 3.59. The number of carboxylic acid groups (broad SMARTS) is 3. The molecule has 1 aromatic heterocycles. The smallest absolute Gasteiger partial charge is 0.317 e. The van der Waals surface area contributed by atoms with Crippen molar-refractivity contribution in [1.82, 2.24) is 35.1 Å². The lowest BCUT2D eigenvalue weighted by atomic mass is 10.0. The van der Waals surface area contributed by atoms with E-state index in [1.807, 2.05) is 0 Å². The summed E-state index contributed by atoms with van der Waals surface area (Å²) in [6.07, 6.45) is 0.341. The second kappa shape index (κ2) is 22.7. The van der Waals surface area contributed by atoms with Crippen molar-refractivity contribution < 1.29 is 66.0 Å². The first-order valence-corrected chi connectivity index (χ1v) is 22.5. The fourth-order valence-electron chi connectivity index (χ4n) is 7.69. The summed E-state index contributed by atoms with van der Waals surface area (Å²) in [7, 11) is -3.83. The summed E-state index contributed by atoms with van der Waals surface area (Å²) in [4.78, 5) is 80.9. The van der Waals surface area contributed by atoms with Crippen molar-refractivity contribution in [2.45, 2.75) is 29.7 Å². The molecule has 0 saturated carbocycles. The minimum absolute atomic E-state index is 0.00238. The summed E-state index contributed by atoms with van der Waals surface area (Å²) >= 11 is 0. The zero-order valence-electron chi connectivity index (χ0n) is 35.8. The Morgan fingerprint density at radius 2 is 1.29 bits per heavy atom. The lowest BCUT2D eigenvalue weighted by Crippen LogP contribution is -2.49. The number of alkyl halides is 2. The number of benzene rings is 2. The minimum Gasteiger partial charge on any atom is -0.618 e. The van der Waals surface area contributed by atoms with E-state index in [4.69, 9.17) is 0 Å². The molecule has 66 heavy (non-hydrogen) atoms. The topological polar surface area (TPSA) is 288 Å². The number of carboxylic acids is 3. The Labute approximate surface area is 378 Å². The van der Waals surface area contributed by atoms with E-state index >= 15 is 0 Å². The second-order valence-corrected chi connectivity index (χ2v) is 18.1. The summed E-state index contributed by atoms with van der Waals surface area (Å²) in [6, 6.07) is 12.0. The highest BCUT2D eigenvalue weighted by molar-refractivity contribution is 7.91. The Kier molecular flexibility index (Phi) is 17.4. The van der Waals surface area contributed by atoms with Gasteiger partial charge in [0.2, 0.25) is 17.3 Å². The van der Waals surface area contributed by atoms with E-state index in [1.165, 1.54) is 30.3 Å². The maximum absolute atomic E-state index is 13.9. The van der Waals surface area contributed by atoms with Gasteiger partial charge in [0.1, 0.15) is 6.04 Å². The standard InChI is InChI=1S/C42H51F2N9O12S/c43-42(44)21-31(22-45)52(28-42)37(55)23-47-41(62)33-8-10-53(63)35-7-4-30(20-34(33)35)29-2-5-32(6-3-29)66(64,65)19-1-9-46-36(54)24-48-11-13-49(25-38(56)57)15-17-51(27-40(60)61)18-16-50(14-12-48)26-39(58)59/h2-8,10,20,31H,1,9,11-19,21,23-28H2,(H,46,54)(H,47,62)(H,56,57)(H,58,59)(H,60,61)/t31-/m0/s1. The van der Waals surface area contributed by atoms with Crippen LogP contribution in [0.15, 0.2) is 59.6 Å². The number of carbonyl (C=O) groups is 6. The SMILES string of the molecule is N#C[C@@H]1CC(F)(F)CN1C(=O)CNC(=O)c1cc[n+]([O-])c2ccc(-c3ccc(S(=O)(=O)CCCNC(=O)CN4CCN(CC(=O)O)CCN(CC(=O)O)CCN(CC(=O)O)CC4)cc3)cc12. The molecule has 3 aromatic rings. The van der Waals surface area contributed by atoms with Crippen molar-refractivity contribution in [3.05, 3.63) is 65.5 Å². The number of hydrogen-bond donors (Lipinski definition) is 5. The molecule has 3 amide bonds. The molecular formula is C42H51F2N9O12S. The van der Waals surface area contributed by atoms with Crippen LogP contribution in [0.3, 0.4) is 0 Å². The molecule has 24 heteroatoms. The Morgan fingerprint density at radius 1 is 0.773 bits per heavy atom. The number of likely N-dealkylation sites (tertiary alicyclic amines) is 1. The molecule has 356 valence electrons. The van der Waals surface area contributed by atoms with Crippen LogP contribution in [-0.2, 0) is 33.8 Å². The van der Waals surface area contributed by atoms with Crippen molar-refractivity contribution >= 4 is 56.4 Å². The first kappa shape index (κ1) is 50.6. The van der Waals surface area contributed by atoms with Gasteiger partial charge < -0.3 is 36.1 Å². The number of hydrogen-bond acceptors (Lipinski definition) is 14. The number of aromatic nitrogens is 1. The van der Waals surface area contributed by atoms with Gasteiger partial charge in [-0.15, -0.1) is 0 Å². The number of aliphatic carboxylic acids is 3. The Morgan fingerprint density at radius 3 is 1.80 bits per heavy atom. The summed E-state index contributed by atoms with van der Waals surface area (Å²) in [6.45, 7) is -0.882. The molecule has 2 saturated heterocycles. The van der Waals surface area contributed by atoms with Crippen LogP contribution in [0.5, 0.6) is 0 Å². The summed E-state index contributed by atoms with van der Waals surface area (Å²) in [5.41, 5.74) is 1.13. The van der Waals surface area contributed by atoms with E-state index in [2.05, 4.69) is 10.6 Å². The maximum atomic E-state index is 13.9. The minimum atomic E-state index is -3.83. The Balaban J connectivity index is 1.17. The molecule has 0 unspecified atom stereocenters. The third-order valence-corrected chi connectivity index (χ3v) is 12.9. The number of amides is 3. The molecule has 5 N–H and O–H groups in total. The molecule has 2 aromatic carbocycles. The van der Waals surface area contributed by atoms with Gasteiger partial charge in [-0.05, 0) is 41.8 Å². The van der Waals surface area contributed by atoms with Crippen LogP contribution in [0, 0.1) is 16.5 Å².